The fourth-order valence-electron chi connectivity index (χ4n) is 5.23. The summed E-state index contributed by atoms with van der Waals surface area (Å²) in [6.07, 6.45) is 13.0. The molecule has 25 heavy (non-hydrogen) atoms. The second kappa shape index (κ2) is 7.08. The predicted molar refractivity (Wildman–Crippen MR) is 97.2 cm³/mol. The molecule has 138 valence electrons. The first-order valence-corrected chi connectivity index (χ1v) is 10.4. The third kappa shape index (κ3) is 3.34. The number of rotatable bonds is 5. The Morgan fingerprint density at radius 1 is 1.24 bits per heavy atom. The van der Waals surface area contributed by atoms with Gasteiger partial charge in [0.1, 0.15) is 5.82 Å². The molecular formula is C20H32N4O. The minimum atomic E-state index is 0.258. The smallest absolute Gasteiger partial charge is 0.222 e. The second-order valence-corrected chi connectivity index (χ2v) is 8.64. The monoisotopic (exact) mass is 344 g/mol. The van der Waals surface area contributed by atoms with Crippen molar-refractivity contribution in [2.24, 2.45) is 11.3 Å². The number of amides is 1. The number of nitrogens with one attached hydrogen (secondary N) is 1. The summed E-state index contributed by atoms with van der Waals surface area (Å²) in [5, 5.41) is 7.64. The number of aromatic nitrogens is 3. The van der Waals surface area contributed by atoms with Gasteiger partial charge in [0.15, 0.2) is 5.82 Å². The Kier molecular flexibility index (Phi) is 4.83. The van der Waals surface area contributed by atoms with Gasteiger partial charge in [-0.25, -0.2) is 4.98 Å². The highest BCUT2D eigenvalue weighted by atomic mass is 16.2. The second-order valence-electron chi connectivity index (χ2n) is 8.64. The molecule has 5 nitrogen and oxygen atoms in total. The number of hydrogen-bond acceptors (Lipinski definition) is 3. The maximum Gasteiger partial charge on any atom is 0.222 e. The van der Waals surface area contributed by atoms with Crippen LogP contribution in [0.3, 0.4) is 0 Å². The highest BCUT2D eigenvalue weighted by Gasteiger charge is 2.53. The van der Waals surface area contributed by atoms with Crippen molar-refractivity contribution in [2.45, 2.75) is 83.5 Å². The lowest BCUT2D eigenvalue weighted by Crippen LogP contribution is -2.38. The lowest BCUT2D eigenvalue weighted by molar-refractivity contribution is -0.132. The van der Waals surface area contributed by atoms with Crippen LogP contribution in [0.5, 0.6) is 0 Å². The van der Waals surface area contributed by atoms with Gasteiger partial charge in [0, 0.05) is 31.8 Å². The molecule has 0 aromatic carbocycles. The summed E-state index contributed by atoms with van der Waals surface area (Å²) < 4.78 is 0. The van der Waals surface area contributed by atoms with Gasteiger partial charge in [0.05, 0.1) is 0 Å². The largest absolute Gasteiger partial charge is 0.341 e. The number of hydrogen-bond donors (Lipinski definition) is 1. The van der Waals surface area contributed by atoms with Crippen LogP contribution in [0.1, 0.15) is 88.7 Å². The summed E-state index contributed by atoms with van der Waals surface area (Å²) in [5.41, 5.74) is 0.258. The molecule has 1 unspecified atom stereocenters. The van der Waals surface area contributed by atoms with E-state index in [0.717, 1.165) is 44.0 Å². The summed E-state index contributed by atoms with van der Waals surface area (Å²) in [5.74, 6) is 3.29. The Bertz CT molecular complexity index is 601. The van der Waals surface area contributed by atoms with Crippen molar-refractivity contribution in [2.75, 3.05) is 13.1 Å². The Morgan fingerprint density at radius 3 is 2.72 bits per heavy atom. The molecule has 0 bridgehead atoms. The van der Waals surface area contributed by atoms with Crippen LogP contribution >= 0.6 is 0 Å². The van der Waals surface area contributed by atoms with Crippen molar-refractivity contribution < 1.29 is 4.79 Å². The molecule has 3 fully saturated rings. The van der Waals surface area contributed by atoms with Gasteiger partial charge in [-0.05, 0) is 43.4 Å². The van der Waals surface area contributed by atoms with Crippen molar-refractivity contribution in [1.29, 1.82) is 0 Å². The average molecular weight is 345 g/mol. The molecule has 2 aliphatic carbocycles. The minimum absolute atomic E-state index is 0.258. The summed E-state index contributed by atoms with van der Waals surface area (Å²) in [7, 11) is 0. The summed E-state index contributed by atoms with van der Waals surface area (Å²) >= 11 is 0. The van der Waals surface area contributed by atoms with E-state index in [1.54, 1.807) is 0 Å². The van der Waals surface area contributed by atoms with E-state index in [1.165, 1.54) is 51.4 Å². The lowest BCUT2D eigenvalue weighted by Gasteiger charge is -2.41. The highest BCUT2D eigenvalue weighted by Crippen LogP contribution is 2.55. The van der Waals surface area contributed by atoms with E-state index in [2.05, 4.69) is 22.0 Å². The zero-order valence-corrected chi connectivity index (χ0v) is 15.6. The van der Waals surface area contributed by atoms with Gasteiger partial charge in [-0.2, -0.15) is 5.10 Å². The first-order chi connectivity index (χ1) is 12.2. The third-order valence-electron chi connectivity index (χ3n) is 6.89. The topological polar surface area (TPSA) is 61.9 Å². The molecule has 1 saturated heterocycles. The van der Waals surface area contributed by atoms with Gasteiger partial charge >= 0.3 is 0 Å². The number of aromatic amines is 1. The molecule has 1 spiro atoms. The Labute approximate surface area is 151 Å². The number of carbonyl (C=O) groups excluding carboxylic acids is 1. The minimum Gasteiger partial charge on any atom is -0.341 e. The molecule has 1 aliphatic heterocycles. The molecule has 1 aromatic rings. The zero-order chi connectivity index (χ0) is 17.3. The fraction of sp³-hybridized carbons (Fsp3) is 0.850. The standard InChI is InChI=1S/C20H32N4O/c1-2-7-17-21-19(23-22-17)16-13-24(14-20(16)10-6-11-20)18(25)12-15-8-4-3-5-9-15/h15-16H,2-14H2,1H3,(H,21,22,23). The van der Waals surface area contributed by atoms with E-state index in [9.17, 15) is 4.79 Å². The SMILES string of the molecule is CCCc1nc(C2CN(C(=O)CC3CCCCC3)CC23CCC3)n[nH]1. The van der Waals surface area contributed by atoms with Gasteiger partial charge in [0.25, 0.3) is 0 Å². The van der Waals surface area contributed by atoms with Gasteiger partial charge in [0.2, 0.25) is 5.91 Å². The molecule has 1 amide bonds. The maximum atomic E-state index is 12.9. The van der Waals surface area contributed by atoms with E-state index >= 15 is 0 Å². The zero-order valence-electron chi connectivity index (χ0n) is 15.6. The van der Waals surface area contributed by atoms with Crippen LogP contribution in [0.4, 0.5) is 0 Å². The van der Waals surface area contributed by atoms with Crippen molar-refractivity contribution in [3.63, 3.8) is 0 Å². The maximum absolute atomic E-state index is 12.9. The van der Waals surface area contributed by atoms with Crippen LogP contribution in [-0.2, 0) is 11.2 Å². The van der Waals surface area contributed by atoms with Crippen molar-refractivity contribution in [3.05, 3.63) is 11.6 Å². The van der Waals surface area contributed by atoms with Gasteiger partial charge in [-0.1, -0.05) is 32.6 Å². The lowest BCUT2D eigenvalue weighted by atomic mass is 9.62. The number of nitrogens with zero attached hydrogens (tertiary/aromatic N) is 3. The van der Waals surface area contributed by atoms with Crippen LogP contribution in [0.25, 0.3) is 0 Å². The molecule has 3 aliphatic rings. The molecule has 2 saturated carbocycles. The number of likely N-dealkylation sites (tertiary alicyclic amines) is 1. The summed E-state index contributed by atoms with van der Waals surface area (Å²) in [4.78, 5) is 19.8. The first kappa shape index (κ1) is 17.0. The average Bonchev–Trinajstić information content (AvgIpc) is 3.20. The molecular weight excluding hydrogens is 312 g/mol. The van der Waals surface area contributed by atoms with Crippen LogP contribution in [0, 0.1) is 11.3 Å². The van der Waals surface area contributed by atoms with E-state index < -0.39 is 0 Å². The van der Waals surface area contributed by atoms with Crippen molar-refractivity contribution in [1.82, 2.24) is 20.1 Å². The Hall–Kier alpha value is -1.39. The third-order valence-corrected chi connectivity index (χ3v) is 6.89. The normalized spacial score (nSPS) is 26.1. The molecule has 1 atom stereocenters. The molecule has 2 heterocycles. The summed E-state index contributed by atoms with van der Waals surface area (Å²) in [6, 6.07) is 0. The van der Waals surface area contributed by atoms with Gasteiger partial charge < -0.3 is 4.90 Å². The van der Waals surface area contributed by atoms with Crippen LogP contribution in [0.15, 0.2) is 0 Å². The molecule has 1 aromatic heterocycles. The Balaban J connectivity index is 1.44. The van der Waals surface area contributed by atoms with Crippen molar-refractivity contribution >= 4 is 5.91 Å². The number of carbonyl (C=O) groups is 1. The summed E-state index contributed by atoms with van der Waals surface area (Å²) in [6.45, 7) is 3.92. The van der Waals surface area contributed by atoms with E-state index in [-0.39, 0.29) is 5.41 Å². The van der Waals surface area contributed by atoms with E-state index in [1.807, 2.05) is 0 Å². The van der Waals surface area contributed by atoms with Gasteiger partial charge in [-0.3, -0.25) is 9.89 Å². The quantitative estimate of drug-likeness (QED) is 0.883. The predicted octanol–water partition coefficient (Wildman–Crippen LogP) is 3.82. The fourth-order valence-corrected chi connectivity index (χ4v) is 5.23. The van der Waals surface area contributed by atoms with Gasteiger partial charge in [-0.15, -0.1) is 0 Å². The van der Waals surface area contributed by atoms with E-state index in [4.69, 9.17) is 4.98 Å². The molecule has 5 heteroatoms. The van der Waals surface area contributed by atoms with Crippen LogP contribution in [-0.4, -0.2) is 39.1 Å². The number of H-pyrrole nitrogens is 1. The van der Waals surface area contributed by atoms with Crippen LogP contribution in [0.2, 0.25) is 0 Å². The van der Waals surface area contributed by atoms with E-state index in [0.29, 0.717) is 17.7 Å². The highest BCUT2D eigenvalue weighted by molar-refractivity contribution is 5.77. The first-order valence-electron chi connectivity index (χ1n) is 10.4. The molecule has 1 N–H and O–H groups in total. The molecule has 4 rings (SSSR count). The number of aryl methyl sites for hydroxylation is 1. The Morgan fingerprint density at radius 2 is 2.04 bits per heavy atom. The van der Waals surface area contributed by atoms with Crippen molar-refractivity contribution in [3.8, 4) is 0 Å². The molecule has 0 radical (unpaired) electrons. The van der Waals surface area contributed by atoms with Crippen LogP contribution < -0.4 is 0 Å².